The Morgan fingerprint density at radius 1 is 1.00 bits per heavy atom. The van der Waals surface area contributed by atoms with Crippen LogP contribution in [0.25, 0.3) is 22.3 Å². The van der Waals surface area contributed by atoms with Crippen molar-refractivity contribution in [3.8, 4) is 28.6 Å². The lowest BCUT2D eigenvalue weighted by Crippen LogP contribution is -2.07. The van der Waals surface area contributed by atoms with Crippen LogP contribution in [0.1, 0.15) is 0 Å². The van der Waals surface area contributed by atoms with Gasteiger partial charge in [-0.1, -0.05) is 0 Å². The maximum Gasteiger partial charge on any atom is 0.235 e. The quantitative estimate of drug-likeness (QED) is 0.804. The average molecular weight is 298 g/mol. The smallest absolute Gasteiger partial charge is 0.235 e. The summed E-state index contributed by atoms with van der Waals surface area (Å²) in [6.45, 7) is 0. The van der Waals surface area contributed by atoms with Gasteiger partial charge in [-0.2, -0.15) is 0 Å². The van der Waals surface area contributed by atoms with Crippen LogP contribution in [0.4, 0.5) is 0 Å². The van der Waals surface area contributed by atoms with Crippen molar-refractivity contribution in [3.63, 3.8) is 0 Å². The van der Waals surface area contributed by atoms with E-state index in [0.717, 1.165) is 0 Å². The van der Waals surface area contributed by atoms with Gasteiger partial charge in [-0.05, 0) is 36.4 Å². The molecule has 0 fully saturated rings. The van der Waals surface area contributed by atoms with E-state index in [1.165, 1.54) is 19.2 Å². The molecule has 0 aliphatic rings. The molecule has 2 aromatic carbocycles. The first-order valence-electron chi connectivity index (χ1n) is 6.62. The van der Waals surface area contributed by atoms with Crippen LogP contribution in [0.15, 0.2) is 51.7 Å². The molecule has 5 heteroatoms. The molecule has 1 N–H and O–H groups in total. The van der Waals surface area contributed by atoms with Crippen LogP contribution in [0.2, 0.25) is 0 Å². The second-order valence-corrected chi connectivity index (χ2v) is 4.70. The molecule has 0 spiro atoms. The fraction of sp³-hybridized carbons (Fsp3) is 0.118. The molecule has 5 nitrogen and oxygen atoms in total. The van der Waals surface area contributed by atoms with Gasteiger partial charge in [0.25, 0.3) is 0 Å². The van der Waals surface area contributed by atoms with Gasteiger partial charge in [0.2, 0.25) is 11.2 Å². The molecule has 0 unspecified atom stereocenters. The molecule has 0 aliphatic heterocycles. The Morgan fingerprint density at radius 2 is 1.73 bits per heavy atom. The van der Waals surface area contributed by atoms with E-state index in [4.69, 9.17) is 13.9 Å². The number of ether oxygens (including phenoxy) is 2. The molecule has 112 valence electrons. The molecule has 0 aliphatic carbocycles. The first-order chi connectivity index (χ1) is 10.6. The van der Waals surface area contributed by atoms with E-state index >= 15 is 0 Å². The zero-order valence-electron chi connectivity index (χ0n) is 12.1. The second-order valence-electron chi connectivity index (χ2n) is 4.70. The highest BCUT2D eigenvalue weighted by Gasteiger charge is 2.17. The summed E-state index contributed by atoms with van der Waals surface area (Å²) in [6, 6.07) is 11.3. The maximum absolute atomic E-state index is 12.5. The van der Waals surface area contributed by atoms with Crippen molar-refractivity contribution < 1.29 is 19.0 Å². The summed E-state index contributed by atoms with van der Waals surface area (Å²) >= 11 is 0. The monoisotopic (exact) mass is 298 g/mol. The van der Waals surface area contributed by atoms with Crippen molar-refractivity contribution in [2.45, 2.75) is 0 Å². The van der Waals surface area contributed by atoms with Gasteiger partial charge in [-0.15, -0.1) is 0 Å². The molecule has 22 heavy (non-hydrogen) atoms. The predicted octanol–water partition coefficient (Wildman–Crippen LogP) is 3.18. The highest BCUT2D eigenvalue weighted by atomic mass is 16.5. The van der Waals surface area contributed by atoms with E-state index in [1.54, 1.807) is 37.4 Å². The van der Waals surface area contributed by atoms with Gasteiger partial charge in [0.15, 0.2) is 5.76 Å². The van der Waals surface area contributed by atoms with Gasteiger partial charge in [-0.25, -0.2) is 0 Å². The number of methoxy groups -OCH3 is 2. The number of fused-ring (bicyclic) bond motifs is 1. The summed E-state index contributed by atoms with van der Waals surface area (Å²) in [5.74, 6) is 1.17. The van der Waals surface area contributed by atoms with Crippen LogP contribution in [0, 0.1) is 0 Å². The lowest BCUT2D eigenvalue weighted by molar-refractivity contribution is 0.397. The standard InChI is InChI=1S/C17H14O5/c1-20-12-7-8-13-14(9-12)22-16(17(21-2)15(13)19)10-3-5-11(18)6-4-10/h3-9,18H,1-2H3. The van der Waals surface area contributed by atoms with Crippen molar-refractivity contribution in [1.82, 2.24) is 0 Å². The van der Waals surface area contributed by atoms with Crippen LogP contribution in [-0.4, -0.2) is 19.3 Å². The Kier molecular flexibility index (Phi) is 3.47. The highest BCUT2D eigenvalue weighted by Crippen LogP contribution is 2.32. The van der Waals surface area contributed by atoms with Gasteiger partial charge in [0.05, 0.1) is 19.6 Å². The van der Waals surface area contributed by atoms with E-state index in [9.17, 15) is 9.90 Å². The third kappa shape index (κ3) is 2.26. The topological polar surface area (TPSA) is 68.9 Å². The molecule has 3 aromatic rings. The lowest BCUT2D eigenvalue weighted by atomic mass is 10.1. The average Bonchev–Trinajstić information content (AvgIpc) is 2.55. The number of aromatic hydroxyl groups is 1. The molecule has 0 amide bonds. The minimum Gasteiger partial charge on any atom is -0.508 e. The normalized spacial score (nSPS) is 10.6. The summed E-state index contributed by atoms with van der Waals surface area (Å²) < 4.78 is 16.2. The van der Waals surface area contributed by atoms with Crippen LogP contribution < -0.4 is 14.9 Å². The Morgan fingerprint density at radius 3 is 2.36 bits per heavy atom. The first-order valence-corrected chi connectivity index (χ1v) is 6.62. The maximum atomic E-state index is 12.5. The molecular weight excluding hydrogens is 284 g/mol. The molecular formula is C17H14O5. The van der Waals surface area contributed by atoms with E-state index in [1.807, 2.05) is 0 Å². The number of phenols is 1. The molecule has 1 heterocycles. The molecule has 0 saturated carbocycles. The highest BCUT2D eigenvalue weighted by molar-refractivity contribution is 5.83. The Bertz CT molecular complexity index is 878. The Balaban J connectivity index is 2.32. The van der Waals surface area contributed by atoms with E-state index in [-0.39, 0.29) is 16.9 Å². The number of hydrogen-bond acceptors (Lipinski definition) is 5. The Labute approximate surface area is 126 Å². The number of hydrogen-bond donors (Lipinski definition) is 1. The Hall–Kier alpha value is -2.95. The number of benzene rings is 2. The zero-order chi connectivity index (χ0) is 15.7. The SMILES string of the molecule is COc1ccc2c(=O)c(OC)c(-c3ccc(O)cc3)oc2c1. The van der Waals surface area contributed by atoms with Crippen LogP contribution in [0.3, 0.4) is 0 Å². The van der Waals surface area contributed by atoms with Crippen molar-refractivity contribution in [1.29, 1.82) is 0 Å². The van der Waals surface area contributed by atoms with Crippen LogP contribution in [-0.2, 0) is 0 Å². The van der Waals surface area contributed by atoms with E-state index in [0.29, 0.717) is 28.0 Å². The second kappa shape index (κ2) is 5.44. The van der Waals surface area contributed by atoms with Crippen molar-refractivity contribution in [3.05, 3.63) is 52.7 Å². The van der Waals surface area contributed by atoms with Gasteiger partial charge in [0, 0.05) is 11.6 Å². The fourth-order valence-electron chi connectivity index (χ4n) is 2.27. The van der Waals surface area contributed by atoms with Crippen LogP contribution in [0.5, 0.6) is 17.2 Å². The summed E-state index contributed by atoms with van der Waals surface area (Å²) in [5.41, 5.74) is 0.791. The van der Waals surface area contributed by atoms with Crippen LogP contribution >= 0.6 is 0 Å². The van der Waals surface area contributed by atoms with Gasteiger partial charge in [-0.3, -0.25) is 4.79 Å². The van der Waals surface area contributed by atoms with Crippen molar-refractivity contribution in [2.75, 3.05) is 14.2 Å². The summed E-state index contributed by atoms with van der Waals surface area (Å²) in [6.07, 6.45) is 0. The zero-order valence-corrected chi connectivity index (χ0v) is 12.1. The largest absolute Gasteiger partial charge is 0.508 e. The minimum absolute atomic E-state index is 0.128. The van der Waals surface area contributed by atoms with Gasteiger partial charge in [0.1, 0.15) is 17.1 Å². The van der Waals surface area contributed by atoms with E-state index < -0.39 is 0 Å². The summed E-state index contributed by atoms with van der Waals surface area (Å²) in [5, 5.41) is 9.80. The lowest BCUT2D eigenvalue weighted by Gasteiger charge is -2.09. The predicted molar refractivity (Wildman–Crippen MR) is 82.7 cm³/mol. The molecule has 0 radical (unpaired) electrons. The van der Waals surface area contributed by atoms with Gasteiger partial charge >= 0.3 is 0 Å². The third-order valence-corrected chi connectivity index (χ3v) is 3.39. The molecule has 3 rings (SSSR count). The first kappa shape index (κ1) is 14.0. The molecule has 0 saturated heterocycles. The fourth-order valence-corrected chi connectivity index (χ4v) is 2.27. The van der Waals surface area contributed by atoms with Gasteiger partial charge < -0.3 is 19.0 Å². The van der Waals surface area contributed by atoms with E-state index in [2.05, 4.69) is 0 Å². The number of phenolic OH excluding ortho intramolecular Hbond substituents is 1. The molecule has 0 atom stereocenters. The number of rotatable bonds is 3. The minimum atomic E-state index is -0.255. The summed E-state index contributed by atoms with van der Waals surface area (Å²) in [7, 11) is 2.97. The summed E-state index contributed by atoms with van der Waals surface area (Å²) in [4.78, 5) is 12.5. The van der Waals surface area contributed by atoms with Crippen molar-refractivity contribution >= 4 is 11.0 Å². The molecule has 1 aromatic heterocycles. The van der Waals surface area contributed by atoms with Crippen molar-refractivity contribution in [2.24, 2.45) is 0 Å². The third-order valence-electron chi connectivity index (χ3n) is 3.39. The molecule has 0 bridgehead atoms.